The van der Waals surface area contributed by atoms with E-state index in [1.807, 2.05) is 58.1 Å². The summed E-state index contributed by atoms with van der Waals surface area (Å²) in [4.78, 5) is 72.1. The van der Waals surface area contributed by atoms with Crippen LogP contribution in [0.1, 0.15) is 112 Å². The Morgan fingerprint density at radius 1 is 0.924 bits per heavy atom. The lowest BCUT2D eigenvalue weighted by atomic mass is 9.80. The number of hydrogen-bond acceptors (Lipinski definition) is 13. The van der Waals surface area contributed by atoms with Crippen LogP contribution in [0.5, 0.6) is 11.5 Å². The van der Waals surface area contributed by atoms with Gasteiger partial charge in [-0.3, -0.25) is 19.2 Å². The summed E-state index contributed by atoms with van der Waals surface area (Å²) < 4.78 is 29.2. The molecule has 2 saturated heterocycles. The molecule has 366 valence electrons. The molecule has 2 fully saturated rings. The number of methoxy groups -OCH3 is 3. The van der Waals surface area contributed by atoms with Crippen molar-refractivity contribution in [3.05, 3.63) is 71.4 Å². The minimum atomic E-state index is -2.45. The van der Waals surface area contributed by atoms with Crippen LogP contribution in [0.3, 0.4) is 0 Å². The van der Waals surface area contributed by atoms with Gasteiger partial charge in [0.05, 0.1) is 19.3 Å². The molecule has 1 aromatic rings. The number of phenolic OH excluding ortho intramolecular Hbond substituents is 1. The molecule has 12 atom stereocenters. The minimum absolute atomic E-state index is 0.00517. The van der Waals surface area contributed by atoms with Gasteiger partial charge in [0, 0.05) is 51.4 Å². The second-order valence-electron chi connectivity index (χ2n) is 19.1. The van der Waals surface area contributed by atoms with Crippen LogP contribution >= 0.6 is 0 Å². The Kier molecular flexibility index (Phi) is 19.7. The number of hydrogen-bond donors (Lipinski definition) is 3. The number of fused-ring (bicyclic) bond motifs is 3. The van der Waals surface area contributed by atoms with Crippen LogP contribution in [-0.2, 0) is 49.3 Å². The van der Waals surface area contributed by atoms with E-state index < -0.39 is 83.2 Å². The minimum Gasteiger partial charge on any atom is -0.504 e. The molecule has 4 rings (SSSR count). The molecule has 3 heterocycles. The number of aromatic hydroxyl groups is 1. The van der Waals surface area contributed by atoms with Crippen molar-refractivity contribution in [2.75, 3.05) is 27.9 Å². The van der Waals surface area contributed by atoms with E-state index in [-0.39, 0.29) is 48.4 Å². The summed E-state index contributed by atoms with van der Waals surface area (Å²) in [5.74, 6) is -8.36. The predicted octanol–water partition coefficient (Wildman–Crippen LogP) is 6.96. The maximum Gasteiger partial charge on any atom is 0.329 e. The van der Waals surface area contributed by atoms with Crippen LogP contribution in [-0.4, -0.2) is 119 Å². The molecule has 14 heteroatoms. The number of aliphatic hydroxyl groups is 2. The fourth-order valence-corrected chi connectivity index (χ4v) is 9.46. The van der Waals surface area contributed by atoms with Gasteiger partial charge >= 0.3 is 5.97 Å². The molecule has 14 nitrogen and oxygen atoms in total. The van der Waals surface area contributed by atoms with Gasteiger partial charge in [-0.05, 0) is 106 Å². The third kappa shape index (κ3) is 13.2. The van der Waals surface area contributed by atoms with Crippen molar-refractivity contribution in [3.8, 4) is 11.5 Å². The zero-order chi connectivity index (χ0) is 49.1. The lowest BCUT2D eigenvalue weighted by Gasteiger charge is -2.42. The van der Waals surface area contributed by atoms with E-state index in [9.17, 15) is 39.3 Å². The Balaban J connectivity index is 1.75. The normalized spacial score (nSPS) is 36.2. The number of Topliss-reactive ketones (excluding diaryl/α,β-unsaturated/α-hetero) is 3. The number of allylic oxidation sites excluding steroid dienone is 6. The van der Waals surface area contributed by atoms with Crippen molar-refractivity contribution >= 4 is 29.2 Å². The van der Waals surface area contributed by atoms with Crippen molar-refractivity contribution < 1.29 is 63.0 Å². The summed E-state index contributed by atoms with van der Waals surface area (Å²) in [6.45, 7) is 14.1. The quantitative estimate of drug-likeness (QED) is 0.151. The summed E-state index contributed by atoms with van der Waals surface area (Å²) in [7, 11) is 4.37. The van der Waals surface area contributed by atoms with Crippen molar-refractivity contribution in [3.63, 3.8) is 0 Å². The van der Waals surface area contributed by atoms with Crippen molar-refractivity contribution in [1.82, 2.24) is 4.90 Å². The van der Waals surface area contributed by atoms with Gasteiger partial charge in [0.2, 0.25) is 5.79 Å². The van der Waals surface area contributed by atoms with E-state index in [1.165, 1.54) is 20.3 Å². The molecule has 0 aromatic heterocycles. The molecule has 0 aliphatic carbocycles. The predicted molar refractivity (Wildman–Crippen MR) is 249 cm³/mol. The topological polar surface area (TPSA) is 195 Å². The average molecular weight is 922 g/mol. The molecule has 0 spiro atoms. The molecule has 3 aliphatic rings. The standard InChI is InChI=1S/C52H75NO13/c1-31-17-13-12-14-18-32(2)43(62-9)29-39-22-20-37(7)52(61,66-39)48(58)49(59)53-24-16-15-19-40(53)50(60)65-44(34(4)27-38-21-23-41(54)45(28-38)63-10)30-42(55)33(3)26-36(6)47(57)51(8,64-11)46(56)35(5)25-31/h12-14,17-18,21,23,26,28,31,33-35,37,39-40,43-44,47,54,57,61H,15-16,19-20,22,24-25,27,29-30H2,1-11H3/b14-12+,17-13+,32-18+,36-26+/t31-,33?,34-,35-,37-,39+,40+,43+,44+,47-,51-,52-/m1/s1. The van der Waals surface area contributed by atoms with Crippen LogP contribution in [0.4, 0.5) is 0 Å². The molecule has 0 saturated carbocycles. The molecular formula is C52H75NO13. The highest BCUT2D eigenvalue weighted by atomic mass is 16.6. The number of carbonyl (C=O) groups excluding carboxylic acids is 5. The average Bonchev–Trinajstić information content (AvgIpc) is 3.30. The fourth-order valence-electron chi connectivity index (χ4n) is 9.46. The summed E-state index contributed by atoms with van der Waals surface area (Å²) in [6, 6.07) is 3.67. The summed E-state index contributed by atoms with van der Waals surface area (Å²) in [6.07, 6.45) is 10.7. The van der Waals surface area contributed by atoms with Gasteiger partial charge in [-0.15, -0.1) is 0 Å². The molecule has 66 heavy (non-hydrogen) atoms. The molecule has 0 radical (unpaired) electrons. The van der Waals surface area contributed by atoms with Gasteiger partial charge < -0.3 is 43.9 Å². The third-order valence-electron chi connectivity index (χ3n) is 13.9. The molecule has 1 unspecified atom stereocenters. The number of piperidine rings is 1. The highest BCUT2D eigenvalue weighted by Crippen LogP contribution is 2.37. The number of benzene rings is 1. The van der Waals surface area contributed by atoms with E-state index in [2.05, 4.69) is 0 Å². The number of ketones is 3. The van der Waals surface area contributed by atoms with Crippen LogP contribution in [0.15, 0.2) is 65.8 Å². The number of esters is 1. The van der Waals surface area contributed by atoms with Crippen molar-refractivity contribution in [1.29, 1.82) is 0 Å². The number of rotatable bonds is 6. The van der Waals surface area contributed by atoms with E-state index in [4.69, 9.17) is 23.7 Å². The highest BCUT2D eigenvalue weighted by Gasteiger charge is 2.53. The molecule has 3 N–H and O–H groups in total. The van der Waals surface area contributed by atoms with Gasteiger partial charge in [-0.2, -0.15) is 0 Å². The number of amides is 1. The Morgan fingerprint density at radius 2 is 1.64 bits per heavy atom. The second-order valence-corrected chi connectivity index (χ2v) is 19.1. The first-order valence-corrected chi connectivity index (χ1v) is 23.5. The molecule has 3 aliphatic heterocycles. The van der Waals surface area contributed by atoms with Crippen LogP contribution in [0.2, 0.25) is 0 Å². The maximum atomic E-state index is 14.4. The second kappa shape index (κ2) is 24.0. The van der Waals surface area contributed by atoms with Crippen molar-refractivity contribution in [2.24, 2.45) is 29.6 Å². The number of cyclic esters (lactones) is 1. The highest BCUT2D eigenvalue weighted by molar-refractivity contribution is 6.39. The van der Waals surface area contributed by atoms with Crippen molar-refractivity contribution in [2.45, 2.75) is 155 Å². The molecule has 2 bridgehead atoms. The lowest BCUT2D eigenvalue weighted by Crippen LogP contribution is -2.61. The first-order chi connectivity index (χ1) is 31.1. The number of carbonyl (C=O) groups is 5. The Bertz CT molecular complexity index is 2010. The first-order valence-electron chi connectivity index (χ1n) is 23.5. The smallest absolute Gasteiger partial charge is 0.329 e. The Hall–Kier alpha value is -4.47. The SMILES string of the molecule is COc1cc(C[C@@H](C)[C@@H]2CC(=O)C(C)/C=C(\C)[C@@H](O)[C@](C)(OC)C(=O)[C@H](C)C[C@H](C)/C=C/C=C/C=C(\C)[C@@H](OC)C[C@@H]3CC[C@@H](C)[C@@](O)(O3)C(=O)C(=O)N3CCCC[C@H]3C(=O)O2)ccc1O. The number of aliphatic hydroxyl groups excluding tert-OH is 1. The molecular weight excluding hydrogens is 847 g/mol. The summed E-state index contributed by atoms with van der Waals surface area (Å²) >= 11 is 0. The van der Waals surface area contributed by atoms with Gasteiger partial charge in [0.15, 0.2) is 22.9 Å². The summed E-state index contributed by atoms with van der Waals surface area (Å²) in [5.41, 5.74) is 0.341. The number of ether oxygens (including phenoxy) is 5. The van der Waals surface area contributed by atoms with E-state index in [0.29, 0.717) is 50.5 Å². The Morgan fingerprint density at radius 3 is 2.30 bits per heavy atom. The lowest BCUT2D eigenvalue weighted by molar-refractivity contribution is -0.265. The van der Waals surface area contributed by atoms with Gasteiger partial charge in [-0.25, -0.2) is 4.79 Å². The van der Waals surface area contributed by atoms with E-state index in [1.54, 1.807) is 53.0 Å². The Labute approximate surface area is 391 Å². The monoisotopic (exact) mass is 922 g/mol. The fraction of sp³-hybridized carbons (Fsp3) is 0.635. The maximum absolute atomic E-state index is 14.4. The van der Waals surface area contributed by atoms with Gasteiger partial charge in [0.1, 0.15) is 24.0 Å². The van der Waals surface area contributed by atoms with Crippen LogP contribution in [0, 0.1) is 29.6 Å². The molecule has 1 amide bonds. The van der Waals surface area contributed by atoms with Crippen LogP contribution in [0.25, 0.3) is 0 Å². The van der Waals surface area contributed by atoms with Gasteiger partial charge in [0.25, 0.3) is 11.7 Å². The zero-order valence-electron chi connectivity index (χ0n) is 40.9. The largest absolute Gasteiger partial charge is 0.504 e. The third-order valence-corrected chi connectivity index (χ3v) is 13.9. The number of nitrogens with zero attached hydrogens (tertiary/aromatic N) is 1. The zero-order valence-corrected chi connectivity index (χ0v) is 40.9. The number of phenols is 1. The summed E-state index contributed by atoms with van der Waals surface area (Å²) in [5, 5.41) is 33.8. The van der Waals surface area contributed by atoms with Crippen LogP contribution < -0.4 is 4.74 Å². The van der Waals surface area contributed by atoms with E-state index in [0.717, 1.165) is 16.0 Å². The van der Waals surface area contributed by atoms with Gasteiger partial charge in [-0.1, -0.05) is 77.1 Å². The molecule has 1 aromatic carbocycles. The van der Waals surface area contributed by atoms with E-state index >= 15 is 0 Å². The first kappa shape index (κ1) is 54.1.